The largest absolute Gasteiger partial charge is 0.360 e. The molecule has 114 valence electrons. The first-order chi connectivity index (χ1) is 11.1. The number of nitriles is 1. The molecule has 0 saturated carbocycles. The van der Waals surface area contributed by atoms with E-state index in [4.69, 9.17) is 0 Å². The Kier molecular flexibility index (Phi) is 4.18. The fraction of sp³-hybridized carbons (Fsp3) is 0.167. The minimum atomic E-state index is 0.0253. The van der Waals surface area contributed by atoms with Gasteiger partial charge in [-0.1, -0.05) is 30.0 Å². The number of Topliss-reactive ketones (excluding diaryl/α,β-unsaturated/α-hetero) is 1. The van der Waals surface area contributed by atoms with Crippen LogP contribution in [-0.2, 0) is 0 Å². The zero-order chi connectivity index (χ0) is 16.4. The Bertz CT molecular complexity index is 937. The van der Waals surface area contributed by atoms with Crippen molar-refractivity contribution in [1.82, 2.24) is 9.97 Å². The third kappa shape index (κ3) is 2.99. The van der Waals surface area contributed by atoms with E-state index in [0.717, 1.165) is 22.2 Å². The lowest BCUT2D eigenvalue weighted by molar-refractivity contribution is 0.102. The van der Waals surface area contributed by atoms with Gasteiger partial charge in [0.2, 0.25) is 0 Å². The predicted octanol–water partition coefficient (Wildman–Crippen LogP) is 4.03. The van der Waals surface area contributed by atoms with Crippen LogP contribution in [0, 0.1) is 25.2 Å². The molecule has 0 radical (unpaired) electrons. The zero-order valence-corrected chi connectivity index (χ0v) is 13.7. The lowest BCUT2D eigenvalue weighted by atomic mass is 10.1. The van der Waals surface area contributed by atoms with Crippen molar-refractivity contribution in [1.29, 1.82) is 5.26 Å². The highest BCUT2D eigenvalue weighted by molar-refractivity contribution is 8.00. The van der Waals surface area contributed by atoms with Crippen molar-refractivity contribution < 1.29 is 4.79 Å². The van der Waals surface area contributed by atoms with E-state index in [0.29, 0.717) is 16.2 Å². The number of benzene rings is 1. The summed E-state index contributed by atoms with van der Waals surface area (Å²) in [5, 5.41) is 10.8. The number of hydrogen-bond donors (Lipinski definition) is 1. The molecule has 1 aromatic carbocycles. The molecule has 0 amide bonds. The summed E-state index contributed by atoms with van der Waals surface area (Å²) in [6, 6.07) is 11.8. The Hall–Kier alpha value is -2.58. The van der Waals surface area contributed by atoms with Crippen molar-refractivity contribution in [3.05, 3.63) is 58.9 Å². The van der Waals surface area contributed by atoms with Crippen LogP contribution in [0.1, 0.15) is 27.2 Å². The van der Waals surface area contributed by atoms with Crippen LogP contribution in [0.4, 0.5) is 0 Å². The Morgan fingerprint density at radius 1 is 1.35 bits per heavy atom. The van der Waals surface area contributed by atoms with E-state index in [2.05, 4.69) is 16.0 Å². The highest BCUT2D eigenvalue weighted by Gasteiger charge is 2.15. The van der Waals surface area contributed by atoms with E-state index in [-0.39, 0.29) is 11.5 Å². The number of aromatic nitrogens is 2. The molecule has 0 aliphatic heterocycles. The van der Waals surface area contributed by atoms with E-state index in [1.54, 1.807) is 6.20 Å². The maximum atomic E-state index is 12.5. The van der Waals surface area contributed by atoms with Crippen LogP contribution < -0.4 is 0 Å². The Morgan fingerprint density at radius 2 is 2.13 bits per heavy atom. The molecule has 2 aromatic heterocycles. The van der Waals surface area contributed by atoms with Gasteiger partial charge >= 0.3 is 0 Å². The molecule has 4 nitrogen and oxygen atoms in total. The molecule has 3 aromatic rings. The summed E-state index contributed by atoms with van der Waals surface area (Å²) in [5.74, 6) is 0.282. The monoisotopic (exact) mass is 321 g/mol. The van der Waals surface area contributed by atoms with Crippen molar-refractivity contribution >= 4 is 28.4 Å². The Morgan fingerprint density at radius 3 is 2.91 bits per heavy atom. The summed E-state index contributed by atoms with van der Waals surface area (Å²) < 4.78 is 0. The van der Waals surface area contributed by atoms with Crippen molar-refractivity contribution in [2.45, 2.75) is 18.9 Å². The summed E-state index contributed by atoms with van der Waals surface area (Å²) in [6.07, 6.45) is 1.74. The quantitative estimate of drug-likeness (QED) is 0.582. The van der Waals surface area contributed by atoms with Crippen molar-refractivity contribution in [3.8, 4) is 6.07 Å². The van der Waals surface area contributed by atoms with Gasteiger partial charge < -0.3 is 4.98 Å². The van der Waals surface area contributed by atoms with Gasteiger partial charge in [0, 0.05) is 28.4 Å². The number of carbonyl (C=O) groups excluding carboxylic acids is 1. The fourth-order valence-corrected chi connectivity index (χ4v) is 3.54. The summed E-state index contributed by atoms with van der Waals surface area (Å²) in [6.45, 7) is 3.78. The maximum Gasteiger partial charge on any atom is 0.175 e. The first-order valence-corrected chi connectivity index (χ1v) is 8.19. The van der Waals surface area contributed by atoms with Crippen LogP contribution in [0.5, 0.6) is 0 Å². The van der Waals surface area contributed by atoms with Gasteiger partial charge in [0.25, 0.3) is 0 Å². The SMILES string of the molecule is Cc1cc(C)c(C#N)c(SCC(=O)c2c[nH]c3ccccc23)n1. The van der Waals surface area contributed by atoms with Crippen molar-refractivity contribution in [3.63, 3.8) is 0 Å². The molecule has 1 N–H and O–H groups in total. The number of ketones is 1. The van der Waals surface area contributed by atoms with Gasteiger partial charge in [0.05, 0.1) is 11.3 Å². The molecule has 0 unspecified atom stereocenters. The fourth-order valence-electron chi connectivity index (χ4n) is 2.56. The van der Waals surface area contributed by atoms with E-state index in [1.807, 2.05) is 44.2 Å². The van der Waals surface area contributed by atoms with E-state index >= 15 is 0 Å². The van der Waals surface area contributed by atoms with Crippen molar-refractivity contribution in [2.24, 2.45) is 0 Å². The van der Waals surface area contributed by atoms with E-state index < -0.39 is 0 Å². The van der Waals surface area contributed by atoms with Crippen LogP contribution in [-0.4, -0.2) is 21.5 Å². The van der Waals surface area contributed by atoms with Gasteiger partial charge in [-0.2, -0.15) is 5.26 Å². The van der Waals surface area contributed by atoms with Gasteiger partial charge in [-0.05, 0) is 31.5 Å². The number of nitrogens with zero attached hydrogens (tertiary/aromatic N) is 2. The second-order valence-corrected chi connectivity index (χ2v) is 6.30. The topological polar surface area (TPSA) is 69.5 Å². The standard InChI is InChI=1S/C18H15N3OS/c1-11-7-12(2)21-18(14(11)8-19)23-10-17(22)15-9-20-16-6-4-3-5-13(15)16/h3-7,9,20H,10H2,1-2H3. The second-order valence-electron chi connectivity index (χ2n) is 5.33. The van der Waals surface area contributed by atoms with Crippen LogP contribution in [0.25, 0.3) is 10.9 Å². The lowest BCUT2D eigenvalue weighted by Crippen LogP contribution is -2.03. The van der Waals surface area contributed by atoms with Gasteiger partial charge in [0.15, 0.2) is 5.78 Å². The van der Waals surface area contributed by atoms with Crippen LogP contribution in [0.3, 0.4) is 0 Å². The highest BCUT2D eigenvalue weighted by Crippen LogP contribution is 2.26. The molecule has 2 heterocycles. The van der Waals surface area contributed by atoms with Crippen molar-refractivity contribution in [2.75, 3.05) is 5.75 Å². The number of rotatable bonds is 4. The predicted molar refractivity (Wildman–Crippen MR) is 91.8 cm³/mol. The summed E-state index contributed by atoms with van der Waals surface area (Å²) in [7, 11) is 0. The number of aromatic amines is 1. The van der Waals surface area contributed by atoms with Gasteiger partial charge in [-0.25, -0.2) is 4.98 Å². The summed E-state index contributed by atoms with van der Waals surface area (Å²) >= 11 is 1.32. The zero-order valence-electron chi connectivity index (χ0n) is 12.9. The number of pyridine rings is 1. The molecular weight excluding hydrogens is 306 g/mol. The molecule has 0 saturated heterocycles. The smallest absolute Gasteiger partial charge is 0.175 e. The van der Waals surface area contributed by atoms with Crippen LogP contribution >= 0.6 is 11.8 Å². The molecule has 0 aliphatic carbocycles. The molecule has 0 bridgehead atoms. The van der Waals surface area contributed by atoms with Gasteiger partial charge in [0.1, 0.15) is 11.1 Å². The van der Waals surface area contributed by atoms with E-state index in [9.17, 15) is 10.1 Å². The number of thioether (sulfide) groups is 1. The average Bonchev–Trinajstić information content (AvgIpc) is 2.96. The highest BCUT2D eigenvalue weighted by atomic mass is 32.2. The normalized spacial score (nSPS) is 10.7. The third-order valence-electron chi connectivity index (χ3n) is 3.65. The first kappa shape index (κ1) is 15.3. The number of aryl methyl sites for hydroxylation is 2. The minimum absolute atomic E-state index is 0.0253. The van der Waals surface area contributed by atoms with Gasteiger partial charge in [-0.3, -0.25) is 4.79 Å². The Balaban J connectivity index is 1.84. The summed E-state index contributed by atoms with van der Waals surface area (Å²) in [5.41, 5.74) is 3.91. The third-order valence-corrected chi connectivity index (χ3v) is 4.63. The lowest BCUT2D eigenvalue weighted by Gasteiger charge is -2.06. The number of hydrogen-bond acceptors (Lipinski definition) is 4. The average molecular weight is 321 g/mol. The molecule has 0 fully saturated rings. The van der Waals surface area contributed by atoms with Gasteiger partial charge in [-0.15, -0.1) is 0 Å². The number of carbonyl (C=O) groups is 1. The number of para-hydroxylation sites is 1. The van der Waals surface area contributed by atoms with Crippen LogP contribution in [0.2, 0.25) is 0 Å². The number of fused-ring (bicyclic) bond motifs is 1. The molecule has 5 heteroatoms. The first-order valence-electron chi connectivity index (χ1n) is 7.20. The molecule has 0 atom stereocenters. The maximum absolute atomic E-state index is 12.5. The minimum Gasteiger partial charge on any atom is -0.360 e. The second kappa shape index (κ2) is 6.27. The molecular formula is C18H15N3OS. The molecule has 0 aliphatic rings. The summed E-state index contributed by atoms with van der Waals surface area (Å²) in [4.78, 5) is 20.0. The number of nitrogens with one attached hydrogen (secondary N) is 1. The molecule has 23 heavy (non-hydrogen) atoms. The Labute approximate surface area is 138 Å². The number of H-pyrrole nitrogens is 1. The molecule has 0 spiro atoms. The van der Waals surface area contributed by atoms with E-state index in [1.165, 1.54) is 11.8 Å². The van der Waals surface area contributed by atoms with Crippen LogP contribution in [0.15, 0.2) is 41.6 Å². The molecule has 3 rings (SSSR count).